The van der Waals surface area contributed by atoms with E-state index in [4.69, 9.17) is 15.6 Å². The van der Waals surface area contributed by atoms with Gasteiger partial charge >= 0.3 is 5.97 Å². The van der Waals surface area contributed by atoms with Crippen LogP contribution >= 0.6 is 11.3 Å². The standard InChI is InChI=1S/C10H9N3O3S/c1-16-10-13-7(4-17-10)5-2-6(9(14)15)8(11)12-3-5/h2-4H,1H3,(H2,11,12)(H,14,15). The van der Waals surface area contributed by atoms with E-state index in [0.29, 0.717) is 16.5 Å². The zero-order chi connectivity index (χ0) is 12.4. The second-order valence-corrected chi connectivity index (χ2v) is 3.99. The summed E-state index contributed by atoms with van der Waals surface area (Å²) in [5.41, 5.74) is 6.64. The van der Waals surface area contributed by atoms with E-state index >= 15 is 0 Å². The van der Waals surface area contributed by atoms with E-state index in [9.17, 15) is 4.79 Å². The summed E-state index contributed by atoms with van der Waals surface area (Å²) < 4.78 is 4.96. The minimum atomic E-state index is -1.11. The number of hydrogen-bond acceptors (Lipinski definition) is 6. The van der Waals surface area contributed by atoms with Gasteiger partial charge in [-0.05, 0) is 6.07 Å². The lowest BCUT2D eigenvalue weighted by atomic mass is 10.1. The van der Waals surface area contributed by atoms with Crippen LogP contribution < -0.4 is 10.5 Å². The van der Waals surface area contributed by atoms with E-state index in [0.717, 1.165) is 0 Å². The molecule has 0 radical (unpaired) electrons. The third-order valence-corrected chi connectivity index (χ3v) is 2.90. The Morgan fingerprint density at radius 1 is 1.59 bits per heavy atom. The van der Waals surface area contributed by atoms with Gasteiger partial charge in [0.15, 0.2) is 0 Å². The monoisotopic (exact) mass is 251 g/mol. The average Bonchev–Trinajstić information content (AvgIpc) is 2.78. The lowest BCUT2D eigenvalue weighted by Gasteiger charge is -2.01. The van der Waals surface area contributed by atoms with Crippen LogP contribution in [0.4, 0.5) is 5.82 Å². The highest BCUT2D eigenvalue weighted by molar-refractivity contribution is 7.11. The smallest absolute Gasteiger partial charge is 0.339 e. The predicted molar refractivity (Wildman–Crippen MR) is 63.3 cm³/mol. The molecule has 0 fully saturated rings. The van der Waals surface area contributed by atoms with Crippen molar-refractivity contribution >= 4 is 23.1 Å². The molecule has 0 saturated carbocycles. The highest BCUT2D eigenvalue weighted by atomic mass is 32.1. The fourth-order valence-corrected chi connectivity index (χ4v) is 1.92. The molecule has 0 spiro atoms. The van der Waals surface area contributed by atoms with Gasteiger partial charge in [0.1, 0.15) is 11.4 Å². The molecule has 0 aromatic carbocycles. The predicted octanol–water partition coefficient (Wildman–Crippen LogP) is 1.49. The SMILES string of the molecule is COc1nc(-c2cnc(N)c(C(=O)O)c2)cs1. The summed E-state index contributed by atoms with van der Waals surface area (Å²) in [4.78, 5) is 18.9. The first-order valence-corrected chi connectivity index (χ1v) is 5.48. The van der Waals surface area contributed by atoms with Crippen molar-refractivity contribution in [2.45, 2.75) is 0 Å². The molecule has 0 atom stereocenters. The van der Waals surface area contributed by atoms with Crippen molar-refractivity contribution in [3.8, 4) is 16.5 Å². The van der Waals surface area contributed by atoms with Crippen molar-refractivity contribution in [1.82, 2.24) is 9.97 Å². The van der Waals surface area contributed by atoms with E-state index in [1.54, 1.807) is 5.38 Å². The Bertz CT molecular complexity index is 568. The number of nitrogens with two attached hydrogens (primary N) is 1. The van der Waals surface area contributed by atoms with Crippen LogP contribution in [0.25, 0.3) is 11.3 Å². The lowest BCUT2D eigenvalue weighted by molar-refractivity contribution is 0.0698. The molecule has 7 heteroatoms. The highest BCUT2D eigenvalue weighted by Crippen LogP contribution is 2.27. The molecule has 2 aromatic rings. The quantitative estimate of drug-likeness (QED) is 0.857. The van der Waals surface area contributed by atoms with Gasteiger partial charge in [-0.15, -0.1) is 0 Å². The second kappa shape index (κ2) is 4.38. The highest BCUT2D eigenvalue weighted by Gasteiger charge is 2.12. The number of carboxylic acids is 1. The van der Waals surface area contributed by atoms with Crippen molar-refractivity contribution in [2.24, 2.45) is 0 Å². The minimum Gasteiger partial charge on any atom is -0.478 e. The number of aromatic carboxylic acids is 1. The molecule has 0 aliphatic rings. The Morgan fingerprint density at radius 3 is 2.94 bits per heavy atom. The molecule has 0 aliphatic heterocycles. The van der Waals surface area contributed by atoms with Crippen LogP contribution in [0.2, 0.25) is 0 Å². The molecule has 2 heterocycles. The average molecular weight is 251 g/mol. The summed E-state index contributed by atoms with van der Waals surface area (Å²) in [6, 6.07) is 1.44. The van der Waals surface area contributed by atoms with Crippen LogP contribution in [0.1, 0.15) is 10.4 Å². The zero-order valence-corrected chi connectivity index (χ0v) is 9.69. The first-order chi connectivity index (χ1) is 8.11. The summed E-state index contributed by atoms with van der Waals surface area (Å²) in [5.74, 6) is -1.12. The molecule has 2 rings (SSSR count). The van der Waals surface area contributed by atoms with E-state index < -0.39 is 5.97 Å². The molecule has 88 valence electrons. The molecule has 0 bridgehead atoms. The van der Waals surface area contributed by atoms with E-state index in [1.165, 1.54) is 30.7 Å². The third kappa shape index (κ3) is 2.18. The number of carboxylic acid groups (broad SMARTS) is 1. The van der Waals surface area contributed by atoms with Crippen LogP contribution in [-0.2, 0) is 0 Å². The summed E-state index contributed by atoms with van der Waals surface area (Å²) in [5, 5.41) is 11.2. The lowest BCUT2D eigenvalue weighted by Crippen LogP contribution is -2.04. The van der Waals surface area contributed by atoms with E-state index in [-0.39, 0.29) is 11.4 Å². The van der Waals surface area contributed by atoms with Crippen molar-refractivity contribution in [1.29, 1.82) is 0 Å². The van der Waals surface area contributed by atoms with Crippen molar-refractivity contribution in [3.63, 3.8) is 0 Å². The van der Waals surface area contributed by atoms with Crippen molar-refractivity contribution in [2.75, 3.05) is 12.8 Å². The van der Waals surface area contributed by atoms with Gasteiger partial charge in [0.05, 0.1) is 12.8 Å². The number of pyridine rings is 1. The van der Waals surface area contributed by atoms with Gasteiger partial charge in [0, 0.05) is 17.1 Å². The largest absolute Gasteiger partial charge is 0.478 e. The number of rotatable bonds is 3. The van der Waals surface area contributed by atoms with E-state index in [1.807, 2.05) is 0 Å². The number of aromatic nitrogens is 2. The summed E-state index contributed by atoms with van der Waals surface area (Å²) >= 11 is 1.32. The molecule has 0 saturated heterocycles. The maximum absolute atomic E-state index is 10.9. The molecular weight excluding hydrogens is 242 g/mol. The fraction of sp³-hybridized carbons (Fsp3) is 0.100. The number of thiazole rings is 1. The fourth-order valence-electron chi connectivity index (χ4n) is 1.27. The van der Waals surface area contributed by atoms with Gasteiger partial charge in [0.2, 0.25) is 0 Å². The number of carbonyl (C=O) groups is 1. The van der Waals surface area contributed by atoms with Crippen molar-refractivity contribution < 1.29 is 14.6 Å². The number of nitrogen functional groups attached to an aromatic ring is 1. The number of hydrogen-bond donors (Lipinski definition) is 2. The topological polar surface area (TPSA) is 98.3 Å². The molecule has 2 aromatic heterocycles. The molecule has 0 aliphatic carbocycles. The van der Waals surface area contributed by atoms with Gasteiger partial charge in [-0.1, -0.05) is 11.3 Å². The normalized spacial score (nSPS) is 10.2. The molecule has 0 amide bonds. The first-order valence-electron chi connectivity index (χ1n) is 4.60. The number of ether oxygens (including phenoxy) is 1. The van der Waals surface area contributed by atoms with E-state index in [2.05, 4.69) is 9.97 Å². The van der Waals surface area contributed by atoms with Crippen LogP contribution in [0.3, 0.4) is 0 Å². The number of anilines is 1. The maximum Gasteiger partial charge on any atom is 0.339 e. The maximum atomic E-state index is 10.9. The number of methoxy groups -OCH3 is 1. The molecule has 0 unspecified atom stereocenters. The summed E-state index contributed by atoms with van der Waals surface area (Å²) in [7, 11) is 1.52. The molecule has 3 N–H and O–H groups in total. The zero-order valence-electron chi connectivity index (χ0n) is 8.88. The first kappa shape index (κ1) is 11.3. The Labute approximate surface area is 101 Å². The minimum absolute atomic E-state index is 0.0107. The van der Waals surface area contributed by atoms with Crippen molar-refractivity contribution in [3.05, 3.63) is 23.2 Å². The Balaban J connectivity index is 2.46. The third-order valence-electron chi connectivity index (χ3n) is 2.10. The summed E-state index contributed by atoms with van der Waals surface area (Å²) in [6.45, 7) is 0. The van der Waals surface area contributed by atoms with Gasteiger partial charge in [0.25, 0.3) is 5.19 Å². The van der Waals surface area contributed by atoms with Crippen LogP contribution in [-0.4, -0.2) is 28.2 Å². The Hall–Kier alpha value is -2.15. The van der Waals surface area contributed by atoms with Gasteiger partial charge in [-0.25, -0.2) is 14.8 Å². The second-order valence-electron chi connectivity index (χ2n) is 3.16. The van der Waals surface area contributed by atoms with Crippen LogP contribution in [0, 0.1) is 0 Å². The molecular formula is C10H9N3O3S. The van der Waals surface area contributed by atoms with Gasteiger partial charge in [-0.2, -0.15) is 0 Å². The molecule has 17 heavy (non-hydrogen) atoms. The number of nitrogens with zero attached hydrogens (tertiary/aromatic N) is 2. The summed E-state index contributed by atoms with van der Waals surface area (Å²) in [6.07, 6.45) is 1.48. The Morgan fingerprint density at radius 2 is 2.35 bits per heavy atom. The van der Waals surface area contributed by atoms with Gasteiger partial charge < -0.3 is 15.6 Å². The van der Waals surface area contributed by atoms with Gasteiger partial charge in [-0.3, -0.25) is 0 Å². The Kier molecular flexibility index (Phi) is 2.92. The van der Waals surface area contributed by atoms with Crippen LogP contribution in [0.15, 0.2) is 17.6 Å². The van der Waals surface area contributed by atoms with Crippen LogP contribution in [0.5, 0.6) is 5.19 Å². The molecule has 6 nitrogen and oxygen atoms in total.